The van der Waals surface area contributed by atoms with Gasteiger partial charge in [0.25, 0.3) is 0 Å². The van der Waals surface area contributed by atoms with Gasteiger partial charge >= 0.3 is 0 Å². The molecule has 4 heteroatoms. The summed E-state index contributed by atoms with van der Waals surface area (Å²) in [5, 5.41) is 5.88. The summed E-state index contributed by atoms with van der Waals surface area (Å²) in [5.74, 6) is 1.64. The van der Waals surface area contributed by atoms with Gasteiger partial charge in [0.05, 0.1) is 6.54 Å². The molecule has 1 amide bonds. The highest BCUT2D eigenvalue weighted by atomic mass is 16.1. The van der Waals surface area contributed by atoms with Crippen molar-refractivity contribution in [3.05, 3.63) is 0 Å². The zero-order chi connectivity index (χ0) is 12.8. The summed E-state index contributed by atoms with van der Waals surface area (Å²) < 4.78 is 0. The third-order valence-corrected chi connectivity index (χ3v) is 3.22. The summed E-state index contributed by atoms with van der Waals surface area (Å²) in [4.78, 5) is 13.9. The average Bonchev–Trinajstić information content (AvgIpc) is 2.14. The Morgan fingerprint density at radius 2 is 1.94 bits per heavy atom. The molecule has 1 aliphatic rings. The molecule has 17 heavy (non-hydrogen) atoms. The zero-order valence-corrected chi connectivity index (χ0v) is 11.6. The van der Waals surface area contributed by atoms with Crippen molar-refractivity contribution in [2.45, 2.75) is 33.2 Å². The Bertz CT molecular complexity index is 235. The lowest BCUT2D eigenvalue weighted by Crippen LogP contribution is -2.48. The number of hydrogen-bond acceptors (Lipinski definition) is 3. The number of carbonyl (C=O) groups is 1. The van der Waals surface area contributed by atoms with Gasteiger partial charge in [0.15, 0.2) is 0 Å². The van der Waals surface area contributed by atoms with Crippen LogP contribution in [-0.2, 0) is 4.79 Å². The number of rotatable bonds is 5. The van der Waals surface area contributed by atoms with Gasteiger partial charge in [0, 0.05) is 25.7 Å². The number of hydrogen-bond donors (Lipinski definition) is 2. The van der Waals surface area contributed by atoms with Crippen LogP contribution in [0.4, 0.5) is 0 Å². The van der Waals surface area contributed by atoms with Crippen molar-refractivity contribution in [1.82, 2.24) is 15.5 Å². The summed E-state index contributed by atoms with van der Waals surface area (Å²) in [7, 11) is 1.79. The summed E-state index contributed by atoms with van der Waals surface area (Å²) in [5.41, 5.74) is 0. The normalized spacial score (nSPS) is 27.8. The van der Waals surface area contributed by atoms with Crippen molar-refractivity contribution in [2.75, 3.05) is 33.2 Å². The first-order valence-electron chi connectivity index (χ1n) is 6.67. The van der Waals surface area contributed by atoms with Crippen LogP contribution in [0.1, 0.15) is 27.2 Å². The Balaban J connectivity index is 2.30. The molecular weight excluding hydrogens is 214 g/mol. The molecule has 3 unspecified atom stereocenters. The minimum absolute atomic E-state index is 0.0816. The van der Waals surface area contributed by atoms with E-state index < -0.39 is 0 Å². The third kappa shape index (κ3) is 5.50. The molecule has 1 aliphatic heterocycles. The van der Waals surface area contributed by atoms with E-state index >= 15 is 0 Å². The van der Waals surface area contributed by atoms with Gasteiger partial charge in [-0.25, -0.2) is 0 Å². The molecule has 2 N–H and O–H groups in total. The van der Waals surface area contributed by atoms with Gasteiger partial charge in [0.2, 0.25) is 5.91 Å². The van der Waals surface area contributed by atoms with E-state index in [4.69, 9.17) is 0 Å². The third-order valence-electron chi connectivity index (χ3n) is 3.22. The van der Waals surface area contributed by atoms with E-state index in [-0.39, 0.29) is 11.9 Å². The van der Waals surface area contributed by atoms with Crippen LogP contribution in [0, 0.1) is 11.8 Å². The Labute approximate surface area is 105 Å². The molecule has 0 aromatic rings. The molecule has 3 atom stereocenters. The van der Waals surface area contributed by atoms with Gasteiger partial charge in [-0.05, 0) is 32.2 Å². The van der Waals surface area contributed by atoms with Crippen molar-refractivity contribution in [1.29, 1.82) is 0 Å². The lowest BCUT2D eigenvalue weighted by Gasteiger charge is -2.36. The number of nitrogens with one attached hydrogen (secondary N) is 2. The first kappa shape index (κ1) is 14.5. The highest BCUT2D eigenvalue weighted by molar-refractivity contribution is 5.78. The fourth-order valence-electron chi connectivity index (χ4n) is 2.86. The maximum Gasteiger partial charge on any atom is 0.234 e. The quantitative estimate of drug-likeness (QED) is 0.744. The highest BCUT2D eigenvalue weighted by Crippen LogP contribution is 2.20. The van der Waals surface area contributed by atoms with Gasteiger partial charge in [0.1, 0.15) is 0 Å². The Morgan fingerprint density at radius 1 is 1.35 bits per heavy atom. The van der Waals surface area contributed by atoms with E-state index in [0.717, 1.165) is 31.5 Å². The van der Waals surface area contributed by atoms with Crippen LogP contribution in [0.15, 0.2) is 0 Å². The van der Waals surface area contributed by atoms with Crippen LogP contribution in [0.5, 0.6) is 0 Å². The smallest absolute Gasteiger partial charge is 0.234 e. The minimum atomic E-state index is 0.0816. The molecule has 100 valence electrons. The summed E-state index contributed by atoms with van der Waals surface area (Å²) >= 11 is 0. The van der Waals surface area contributed by atoms with E-state index in [1.165, 1.54) is 6.42 Å². The number of likely N-dealkylation sites (N-methyl/N-ethyl adjacent to an activating group) is 1. The first-order valence-corrected chi connectivity index (χ1v) is 6.67. The Kier molecular flexibility index (Phi) is 5.92. The number of amides is 1. The van der Waals surface area contributed by atoms with E-state index in [9.17, 15) is 4.79 Å². The molecule has 0 radical (unpaired) electrons. The largest absolute Gasteiger partial charge is 0.351 e. The highest BCUT2D eigenvalue weighted by Gasteiger charge is 2.23. The summed E-state index contributed by atoms with van der Waals surface area (Å²) in [6.07, 6.45) is 1.33. The number of piperidine rings is 1. The molecule has 0 bridgehead atoms. The Morgan fingerprint density at radius 3 is 2.47 bits per heavy atom. The van der Waals surface area contributed by atoms with E-state index in [1.807, 2.05) is 0 Å². The maximum atomic E-state index is 11.4. The first-order chi connectivity index (χ1) is 8.01. The molecule has 1 saturated heterocycles. The zero-order valence-electron chi connectivity index (χ0n) is 11.6. The topological polar surface area (TPSA) is 44.4 Å². The molecule has 1 rings (SSSR count). The Hall–Kier alpha value is -0.610. The monoisotopic (exact) mass is 241 g/mol. The molecule has 1 fully saturated rings. The fraction of sp³-hybridized carbons (Fsp3) is 0.923. The predicted molar refractivity (Wildman–Crippen MR) is 70.9 cm³/mol. The SMILES string of the molecule is CNCC(=O)NC(C)CN1CC(C)CC(C)C1. The van der Waals surface area contributed by atoms with Crippen molar-refractivity contribution < 1.29 is 4.79 Å². The minimum Gasteiger partial charge on any atom is -0.351 e. The summed E-state index contributed by atoms with van der Waals surface area (Å²) in [6, 6.07) is 0.230. The summed E-state index contributed by atoms with van der Waals surface area (Å²) in [6.45, 7) is 10.4. The van der Waals surface area contributed by atoms with Crippen LogP contribution in [-0.4, -0.2) is 50.1 Å². The van der Waals surface area contributed by atoms with E-state index in [0.29, 0.717) is 6.54 Å². The van der Waals surface area contributed by atoms with Crippen LogP contribution in [0.3, 0.4) is 0 Å². The van der Waals surface area contributed by atoms with Gasteiger partial charge in [-0.3, -0.25) is 4.79 Å². The average molecular weight is 241 g/mol. The van der Waals surface area contributed by atoms with Crippen molar-refractivity contribution >= 4 is 5.91 Å². The number of likely N-dealkylation sites (tertiary alicyclic amines) is 1. The van der Waals surface area contributed by atoms with E-state index in [1.54, 1.807) is 7.05 Å². The maximum absolute atomic E-state index is 11.4. The standard InChI is InChI=1S/C13H27N3O/c1-10-5-11(2)8-16(7-10)9-12(3)15-13(17)6-14-4/h10-12,14H,5-9H2,1-4H3,(H,15,17). The lowest BCUT2D eigenvalue weighted by atomic mass is 9.92. The van der Waals surface area contributed by atoms with Crippen LogP contribution >= 0.6 is 0 Å². The second-order valence-corrected chi connectivity index (χ2v) is 5.66. The molecule has 0 aliphatic carbocycles. The fourth-order valence-corrected chi connectivity index (χ4v) is 2.86. The molecule has 0 saturated carbocycles. The van der Waals surface area contributed by atoms with Crippen LogP contribution < -0.4 is 10.6 Å². The lowest BCUT2D eigenvalue weighted by molar-refractivity contribution is -0.120. The van der Waals surface area contributed by atoms with Crippen molar-refractivity contribution in [2.24, 2.45) is 11.8 Å². The van der Waals surface area contributed by atoms with Crippen LogP contribution in [0.25, 0.3) is 0 Å². The molecule has 1 heterocycles. The molecular formula is C13H27N3O. The van der Waals surface area contributed by atoms with Crippen molar-refractivity contribution in [3.63, 3.8) is 0 Å². The second-order valence-electron chi connectivity index (χ2n) is 5.66. The van der Waals surface area contributed by atoms with E-state index in [2.05, 4.69) is 36.3 Å². The van der Waals surface area contributed by atoms with Crippen molar-refractivity contribution in [3.8, 4) is 0 Å². The van der Waals surface area contributed by atoms with Gasteiger partial charge in [-0.1, -0.05) is 13.8 Å². The van der Waals surface area contributed by atoms with Gasteiger partial charge in [-0.15, -0.1) is 0 Å². The number of carbonyl (C=O) groups excluding carboxylic acids is 1. The van der Waals surface area contributed by atoms with Crippen LogP contribution in [0.2, 0.25) is 0 Å². The second kappa shape index (κ2) is 6.97. The van der Waals surface area contributed by atoms with Gasteiger partial charge < -0.3 is 15.5 Å². The predicted octanol–water partition coefficient (Wildman–Crippen LogP) is 0.688. The molecule has 0 aromatic heterocycles. The van der Waals surface area contributed by atoms with Gasteiger partial charge in [-0.2, -0.15) is 0 Å². The molecule has 0 spiro atoms. The molecule has 4 nitrogen and oxygen atoms in total. The molecule has 0 aromatic carbocycles. The number of nitrogens with zero attached hydrogens (tertiary/aromatic N) is 1.